The fourth-order valence-corrected chi connectivity index (χ4v) is 2.88. The van der Waals surface area contributed by atoms with Crippen LogP contribution in [0, 0.1) is 23.7 Å². The maximum Gasteiger partial charge on any atom is 0.273 e. The molecule has 0 aliphatic carbocycles. The molecule has 0 saturated heterocycles. The van der Waals surface area contributed by atoms with Crippen LogP contribution in [0.15, 0.2) is 60.9 Å². The smallest absolute Gasteiger partial charge is 0.273 e. The van der Waals surface area contributed by atoms with Gasteiger partial charge in [0.15, 0.2) is 18.4 Å². The lowest BCUT2D eigenvalue weighted by Gasteiger charge is -2.27. The van der Waals surface area contributed by atoms with E-state index >= 15 is 0 Å². The number of hydroxylamine groups is 1. The third kappa shape index (κ3) is 5.69. The van der Waals surface area contributed by atoms with E-state index < -0.39 is 23.6 Å². The minimum atomic E-state index is -2.05. The summed E-state index contributed by atoms with van der Waals surface area (Å²) in [5.74, 6) is 15.0. The summed E-state index contributed by atoms with van der Waals surface area (Å²) < 4.78 is 0.970. The Labute approximate surface area is 194 Å². The van der Waals surface area contributed by atoms with Crippen LogP contribution < -0.4 is 27.1 Å². The molecule has 0 aliphatic rings. The highest BCUT2D eigenvalue weighted by atomic mass is 16.5. The molecule has 0 spiro atoms. The van der Waals surface area contributed by atoms with Gasteiger partial charge in [0, 0.05) is 29.3 Å². The highest BCUT2D eigenvalue weighted by Gasteiger charge is 2.46. The van der Waals surface area contributed by atoms with Gasteiger partial charge in [0.25, 0.3) is 17.5 Å². The third-order valence-corrected chi connectivity index (χ3v) is 4.75. The average Bonchev–Trinajstić information content (AvgIpc) is 3.28. The van der Waals surface area contributed by atoms with Crippen molar-refractivity contribution >= 4 is 17.5 Å². The van der Waals surface area contributed by atoms with E-state index in [1.54, 1.807) is 36.4 Å². The van der Waals surface area contributed by atoms with Crippen LogP contribution in [-0.2, 0) is 10.5 Å². The highest BCUT2D eigenvalue weighted by molar-refractivity contribution is 5.97. The van der Waals surface area contributed by atoms with Crippen molar-refractivity contribution in [3.63, 3.8) is 0 Å². The molecule has 0 fully saturated rings. The van der Waals surface area contributed by atoms with Gasteiger partial charge in [0.05, 0.1) is 0 Å². The van der Waals surface area contributed by atoms with E-state index in [4.69, 9.17) is 16.8 Å². The van der Waals surface area contributed by atoms with E-state index in [1.165, 1.54) is 36.9 Å². The largest absolute Gasteiger partial charge is 0.399 e. The Kier molecular flexibility index (Phi) is 7.13. The lowest BCUT2D eigenvalue weighted by atomic mass is 10.0. The number of benzene rings is 2. The number of aromatic nitrogens is 3. The molecular formula is C23H22N7O4+. The number of rotatable bonds is 5. The zero-order valence-corrected chi connectivity index (χ0v) is 18.1. The van der Waals surface area contributed by atoms with Crippen molar-refractivity contribution in [2.45, 2.75) is 18.7 Å². The molecule has 34 heavy (non-hydrogen) atoms. The van der Waals surface area contributed by atoms with Gasteiger partial charge in [-0.15, -0.1) is 4.68 Å². The van der Waals surface area contributed by atoms with Gasteiger partial charge < -0.3 is 16.2 Å². The van der Waals surface area contributed by atoms with E-state index in [-0.39, 0.29) is 5.56 Å². The predicted octanol–water partition coefficient (Wildman–Crippen LogP) is -1.16. The van der Waals surface area contributed by atoms with Crippen LogP contribution in [-0.4, -0.2) is 38.2 Å². The van der Waals surface area contributed by atoms with Crippen molar-refractivity contribution in [2.75, 3.05) is 11.6 Å². The van der Waals surface area contributed by atoms with E-state index in [9.17, 15) is 14.7 Å². The van der Waals surface area contributed by atoms with Crippen LogP contribution in [0.3, 0.4) is 0 Å². The van der Waals surface area contributed by atoms with Gasteiger partial charge in [0.2, 0.25) is 0 Å². The van der Waals surface area contributed by atoms with Crippen LogP contribution in [0.4, 0.5) is 5.69 Å². The van der Waals surface area contributed by atoms with Crippen molar-refractivity contribution in [3.8, 4) is 23.7 Å². The standard InChI is InChI=1S/C23H21N7O4/c1-23(33,29-14-15-30(25)28-29)20(22(32)27-34)26-21(31)18-10-6-16(7-11-18)4-2-3-5-17-8-12-19(24)13-9-17/h6-15,20,33H,1H3,(H6-,24,25,26,27,28,31,32,34)/p+1/t20-,23?/m1/s1. The molecule has 0 radical (unpaired) electrons. The molecule has 2 atom stereocenters. The van der Waals surface area contributed by atoms with Gasteiger partial charge in [0.1, 0.15) is 5.21 Å². The Balaban J connectivity index is 1.72. The third-order valence-electron chi connectivity index (χ3n) is 4.75. The summed E-state index contributed by atoms with van der Waals surface area (Å²) in [6.07, 6.45) is 2.62. The Morgan fingerprint density at radius 2 is 1.65 bits per heavy atom. The summed E-state index contributed by atoms with van der Waals surface area (Å²) in [7, 11) is 0. The zero-order valence-electron chi connectivity index (χ0n) is 18.1. The summed E-state index contributed by atoms with van der Waals surface area (Å²) in [6.45, 7) is 1.23. The number of nitrogens with one attached hydrogen (secondary N) is 2. The fourth-order valence-electron chi connectivity index (χ4n) is 2.88. The van der Waals surface area contributed by atoms with Crippen LogP contribution in [0.25, 0.3) is 0 Å². The quantitative estimate of drug-likeness (QED) is 0.0696. The lowest BCUT2D eigenvalue weighted by Crippen LogP contribution is -2.70. The van der Waals surface area contributed by atoms with Gasteiger partial charge in [-0.05, 0) is 65.2 Å². The molecule has 172 valence electrons. The van der Waals surface area contributed by atoms with Crippen LogP contribution in [0.1, 0.15) is 28.4 Å². The molecule has 2 aromatic carbocycles. The first-order chi connectivity index (χ1) is 16.2. The Hall–Kier alpha value is -4.84. The summed E-state index contributed by atoms with van der Waals surface area (Å²) in [5, 5.41) is 26.1. The number of anilines is 1. The van der Waals surface area contributed by atoms with Gasteiger partial charge in [-0.2, -0.15) is 0 Å². The van der Waals surface area contributed by atoms with E-state index in [0.717, 1.165) is 15.0 Å². The van der Waals surface area contributed by atoms with Crippen molar-refractivity contribution in [1.82, 2.24) is 20.8 Å². The maximum atomic E-state index is 12.7. The number of amides is 2. The zero-order chi connectivity index (χ0) is 24.7. The molecule has 3 rings (SSSR count). The lowest BCUT2D eigenvalue weighted by molar-refractivity contribution is -0.851. The van der Waals surface area contributed by atoms with Crippen LogP contribution >= 0.6 is 0 Å². The highest BCUT2D eigenvalue weighted by Crippen LogP contribution is 2.11. The normalized spacial score (nSPS) is 12.7. The first kappa shape index (κ1) is 23.8. The van der Waals surface area contributed by atoms with Gasteiger partial charge in [-0.25, -0.2) is 11.3 Å². The Bertz CT molecular complexity index is 1310. The van der Waals surface area contributed by atoms with Gasteiger partial charge in [-0.1, -0.05) is 11.8 Å². The van der Waals surface area contributed by atoms with Gasteiger partial charge in [-0.3, -0.25) is 14.8 Å². The number of hydrogen-bond acceptors (Lipinski definition) is 7. The molecule has 8 N–H and O–H groups in total. The molecule has 3 aromatic rings. The van der Waals surface area contributed by atoms with Crippen LogP contribution in [0.5, 0.6) is 0 Å². The number of carbonyl (C=O) groups excluding carboxylic acids is 2. The molecule has 11 heteroatoms. The SMILES string of the molecule is CC(O)([C@H](NC(=O)c1ccc(C#CC#Cc2ccc(N)cc2)cc1)C(=O)NO)[n+]1ccn(N)n1. The van der Waals surface area contributed by atoms with E-state index in [0.29, 0.717) is 11.3 Å². The van der Waals surface area contributed by atoms with Crippen molar-refractivity contribution in [3.05, 3.63) is 77.6 Å². The molecule has 0 bridgehead atoms. The maximum absolute atomic E-state index is 12.7. The average molecular weight is 460 g/mol. The monoisotopic (exact) mass is 460 g/mol. The number of nitrogens with zero attached hydrogens (tertiary/aromatic N) is 3. The Morgan fingerprint density at radius 3 is 2.15 bits per heavy atom. The van der Waals surface area contributed by atoms with Crippen LogP contribution in [0.2, 0.25) is 0 Å². The second kappa shape index (κ2) is 10.2. The summed E-state index contributed by atoms with van der Waals surface area (Å²) in [6, 6.07) is 11.7. The van der Waals surface area contributed by atoms with Crippen molar-refractivity contribution < 1.29 is 24.6 Å². The second-order valence-electron chi connectivity index (χ2n) is 7.29. The molecule has 0 aliphatic heterocycles. The first-order valence-electron chi connectivity index (χ1n) is 9.88. The molecule has 0 saturated carbocycles. The number of carbonyl (C=O) groups is 2. The number of nitrogen functional groups attached to an aromatic ring is 2. The topological polar surface area (TPSA) is 172 Å². The van der Waals surface area contributed by atoms with E-state index in [2.05, 4.69) is 34.2 Å². The van der Waals surface area contributed by atoms with Crippen molar-refractivity contribution in [2.24, 2.45) is 0 Å². The van der Waals surface area contributed by atoms with Crippen molar-refractivity contribution in [1.29, 1.82) is 0 Å². The molecule has 1 heterocycles. The molecule has 2 amide bonds. The Morgan fingerprint density at radius 1 is 1.09 bits per heavy atom. The fraction of sp³-hybridized carbons (Fsp3) is 0.130. The van der Waals surface area contributed by atoms with E-state index in [1.807, 2.05) is 0 Å². The second-order valence-corrected chi connectivity index (χ2v) is 7.29. The number of hydrogen-bond donors (Lipinski definition) is 6. The molecule has 1 unspecified atom stereocenters. The minimum Gasteiger partial charge on any atom is -0.399 e. The summed E-state index contributed by atoms with van der Waals surface area (Å²) in [5.41, 5.74) is 7.24. The van der Waals surface area contributed by atoms with Gasteiger partial charge >= 0.3 is 0 Å². The molecule has 1 aromatic heterocycles. The number of aliphatic hydroxyl groups is 1. The molecular weight excluding hydrogens is 438 g/mol. The predicted molar refractivity (Wildman–Crippen MR) is 121 cm³/mol. The number of nitrogens with two attached hydrogens (primary N) is 2. The minimum absolute atomic E-state index is 0.194. The first-order valence-corrected chi connectivity index (χ1v) is 9.88. The molecule has 11 nitrogen and oxygen atoms in total. The summed E-state index contributed by atoms with van der Waals surface area (Å²) in [4.78, 5) is 25.8. The summed E-state index contributed by atoms with van der Waals surface area (Å²) >= 11 is 0.